The molecule has 2 aliphatic rings. The first-order valence-electron chi connectivity index (χ1n) is 20.3. The number of thiophene rings is 2. The van der Waals surface area contributed by atoms with Gasteiger partial charge in [-0.2, -0.15) is 0 Å². The van der Waals surface area contributed by atoms with Gasteiger partial charge in [0.15, 0.2) is 0 Å². The van der Waals surface area contributed by atoms with Crippen molar-refractivity contribution >= 4 is 33.8 Å². The highest BCUT2D eigenvalue weighted by molar-refractivity contribution is 7.13. The molecule has 2 aromatic heterocycles. The molecule has 0 bridgehead atoms. The fraction of sp³-hybridized carbons (Fsp3) is 0.773. The number of unbranched alkanes of at least 4 members (excludes halogenated alkanes) is 4. The first-order valence-corrected chi connectivity index (χ1v) is 22.1. The minimum Gasteiger partial charge on any atom is -0.144 e. The molecule has 0 saturated carbocycles. The Morgan fingerprint density at radius 2 is 0.739 bits per heavy atom. The molecular weight excluding hydrogens is 593 g/mol. The molecule has 0 N–H and O–H groups in total. The van der Waals surface area contributed by atoms with Crippen molar-refractivity contribution in [2.75, 3.05) is 0 Å². The van der Waals surface area contributed by atoms with Crippen LogP contribution in [-0.2, 0) is 10.8 Å². The number of rotatable bonds is 24. The summed E-state index contributed by atoms with van der Waals surface area (Å²) >= 11 is 4.25. The number of allylic oxidation sites excluding steroid dienone is 2. The molecule has 0 amide bonds. The van der Waals surface area contributed by atoms with E-state index in [-0.39, 0.29) is 10.8 Å². The van der Waals surface area contributed by atoms with Gasteiger partial charge in [-0.25, -0.2) is 0 Å². The molecule has 0 fully saturated rings. The monoisotopic (exact) mass is 665 g/mol. The van der Waals surface area contributed by atoms with Crippen LogP contribution in [0.5, 0.6) is 0 Å². The Morgan fingerprint density at radius 3 is 0.978 bits per heavy atom. The van der Waals surface area contributed by atoms with Gasteiger partial charge in [-0.05, 0) is 94.5 Å². The zero-order chi connectivity index (χ0) is 33.2. The van der Waals surface area contributed by atoms with Crippen LogP contribution >= 0.6 is 22.7 Å². The molecule has 0 nitrogen and oxygen atoms in total. The summed E-state index contributed by atoms with van der Waals surface area (Å²) in [7, 11) is 0. The molecule has 2 heterocycles. The minimum absolute atomic E-state index is 0.186. The van der Waals surface area contributed by atoms with Gasteiger partial charge in [-0.15, -0.1) is 22.7 Å². The maximum atomic E-state index is 2.64. The molecule has 0 aromatic carbocycles. The number of fused-ring (bicyclic) bond motifs is 4. The molecule has 2 aliphatic carbocycles. The van der Waals surface area contributed by atoms with Crippen molar-refractivity contribution in [1.29, 1.82) is 0 Å². The Morgan fingerprint density at radius 1 is 0.457 bits per heavy atom. The Labute approximate surface area is 294 Å². The van der Waals surface area contributed by atoms with E-state index in [2.05, 4.69) is 101 Å². The van der Waals surface area contributed by atoms with Crippen LogP contribution in [-0.4, -0.2) is 0 Å². The highest BCUT2D eigenvalue weighted by Gasteiger charge is 2.58. The van der Waals surface area contributed by atoms with Gasteiger partial charge in [-0.3, -0.25) is 0 Å². The van der Waals surface area contributed by atoms with Crippen molar-refractivity contribution in [3.63, 3.8) is 0 Å². The van der Waals surface area contributed by atoms with E-state index in [0.717, 1.165) is 23.7 Å². The Kier molecular flexibility index (Phi) is 15.0. The van der Waals surface area contributed by atoms with Crippen LogP contribution < -0.4 is 0 Å². The second-order valence-corrected chi connectivity index (χ2v) is 17.6. The number of hydrogen-bond acceptors (Lipinski definition) is 2. The smallest absolute Gasteiger partial charge is 0.0356 e. The first-order chi connectivity index (χ1) is 22.4. The van der Waals surface area contributed by atoms with Gasteiger partial charge in [0.25, 0.3) is 0 Å². The lowest BCUT2D eigenvalue weighted by molar-refractivity contribution is 0.279. The fourth-order valence-corrected chi connectivity index (χ4v) is 12.2. The van der Waals surface area contributed by atoms with Crippen molar-refractivity contribution in [3.8, 4) is 0 Å². The van der Waals surface area contributed by atoms with E-state index in [1.165, 1.54) is 128 Å². The van der Waals surface area contributed by atoms with Crippen LogP contribution in [0, 0.1) is 23.7 Å². The van der Waals surface area contributed by atoms with Gasteiger partial charge in [-0.1, -0.05) is 158 Å². The molecule has 4 rings (SSSR count). The summed E-state index contributed by atoms with van der Waals surface area (Å²) in [4.78, 5) is 3.45. The third-order valence-electron chi connectivity index (χ3n) is 12.7. The molecular formula is C44H72S2. The average Bonchev–Trinajstić information content (AvgIpc) is 3.85. The molecule has 2 heteroatoms. The van der Waals surface area contributed by atoms with Gasteiger partial charge in [0.1, 0.15) is 0 Å². The van der Waals surface area contributed by atoms with Gasteiger partial charge >= 0.3 is 0 Å². The third-order valence-corrected chi connectivity index (χ3v) is 14.6. The lowest BCUT2D eigenvalue weighted by atomic mass is 9.64. The lowest BCUT2D eigenvalue weighted by Crippen LogP contribution is -2.32. The van der Waals surface area contributed by atoms with Crippen LogP contribution in [0.3, 0.4) is 0 Å². The molecule has 0 radical (unpaired) electrons. The normalized spacial score (nSPS) is 23.0. The largest absolute Gasteiger partial charge is 0.144 e. The highest BCUT2D eigenvalue weighted by atomic mass is 32.1. The predicted octanol–water partition coefficient (Wildman–Crippen LogP) is 15.6. The van der Waals surface area contributed by atoms with Crippen LogP contribution in [0.2, 0.25) is 0 Å². The summed E-state index contributed by atoms with van der Waals surface area (Å²) in [5.74, 6) is 3.23. The van der Waals surface area contributed by atoms with Crippen LogP contribution in [0.15, 0.2) is 22.9 Å². The summed E-state index contributed by atoms with van der Waals surface area (Å²) in [5, 5.41) is 5.01. The van der Waals surface area contributed by atoms with Crippen molar-refractivity contribution in [2.24, 2.45) is 23.7 Å². The average molecular weight is 665 g/mol. The fourth-order valence-electron chi connectivity index (χ4n) is 9.93. The van der Waals surface area contributed by atoms with Gasteiger partial charge in [0, 0.05) is 20.6 Å². The quantitative estimate of drug-likeness (QED) is 0.105. The van der Waals surface area contributed by atoms with E-state index in [1.54, 1.807) is 20.9 Å². The van der Waals surface area contributed by atoms with E-state index in [9.17, 15) is 0 Å². The first kappa shape index (κ1) is 38.0. The zero-order valence-corrected chi connectivity index (χ0v) is 33.2. The molecule has 2 aromatic rings. The van der Waals surface area contributed by atoms with Gasteiger partial charge in [0.2, 0.25) is 0 Å². The summed E-state index contributed by atoms with van der Waals surface area (Å²) in [6, 6.07) is 5.27. The summed E-state index contributed by atoms with van der Waals surface area (Å²) in [6.45, 7) is 19.5. The third kappa shape index (κ3) is 7.79. The molecule has 46 heavy (non-hydrogen) atoms. The maximum Gasteiger partial charge on any atom is 0.0356 e. The second-order valence-electron chi connectivity index (χ2n) is 15.7. The predicted molar refractivity (Wildman–Crippen MR) is 210 cm³/mol. The minimum atomic E-state index is 0.186. The topological polar surface area (TPSA) is 0 Å². The van der Waals surface area contributed by atoms with Crippen molar-refractivity contribution in [2.45, 2.75) is 195 Å². The molecule has 4 atom stereocenters. The van der Waals surface area contributed by atoms with E-state index in [1.807, 2.05) is 11.1 Å². The lowest BCUT2D eigenvalue weighted by Gasteiger charge is -2.39. The van der Waals surface area contributed by atoms with Crippen molar-refractivity contribution in [1.82, 2.24) is 0 Å². The molecule has 4 unspecified atom stereocenters. The molecule has 0 aliphatic heterocycles. The summed E-state index contributed by atoms with van der Waals surface area (Å²) in [5.41, 5.74) is 7.62. The van der Waals surface area contributed by atoms with E-state index in [0.29, 0.717) is 0 Å². The molecule has 0 saturated heterocycles. The maximum absolute atomic E-state index is 2.64. The van der Waals surface area contributed by atoms with Crippen molar-refractivity contribution < 1.29 is 0 Å². The molecule has 260 valence electrons. The van der Waals surface area contributed by atoms with Crippen molar-refractivity contribution in [3.05, 3.63) is 43.8 Å². The standard InChI is InChI=1S/C44H72S2/c1-9-17-21-33(13-5)29-43(30-34(14-6)22-18-10-2)37-25-27-45-41(37)40-39(43)42-38(26-28-46-42)44(40,31-35(15-7)23-19-11-3)32-36(16-8)24-20-12-4/h25-28,33-36H,9-24,29-32H2,1-8H3. The zero-order valence-electron chi connectivity index (χ0n) is 31.6. The van der Waals surface area contributed by atoms with Crippen LogP contribution in [0.1, 0.15) is 205 Å². The van der Waals surface area contributed by atoms with Gasteiger partial charge < -0.3 is 0 Å². The van der Waals surface area contributed by atoms with E-state index in [4.69, 9.17) is 0 Å². The molecule has 0 spiro atoms. The van der Waals surface area contributed by atoms with Crippen LogP contribution in [0.25, 0.3) is 11.1 Å². The highest BCUT2D eigenvalue weighted by Crippen LogP contribution is 2.71. The SMILES string of the molecule is CCCCC(CC)CC1(CC(CC)CCCC)C2=C(c3sccc31)C(CC(CC)CCCC)(CC(CC)CCCC)c1ccsc12. The second kappa shape index (κ2) is 18.2. The van der Waals surface area contributed by atoms with Crippen LogP contribution in [0.4, 0.5) is 0 Å². The Balaban J connectivity index is 1.98. The summed E-state index contributed by atoms with van der Waals surface area (Å²) in [6.07, 6.45) is 27.1. The van der Waals surface area contributed by atoms with Gasteiger partial charge in [0.05, 0.1) is 0 Å². The Bertz CT molecular complexity index is 1060. The Hall–Kier alpha value is -0.860. The summed E-state index contributed by atoms with van der Waals surface area (Å²) < 4.78 is 0. The van der Waals surface area contributed by atoms with E-state index < -0.39 is 0 Å². The van der Waals surface area contributed by atoms with E-state index >= 15 is 0 Å². The number of hydrogen-bond donors (Lipinski definition) is 0.